The Morgan fingerprint density at radius 1 is 0.923 bits per heavy atom. The van der Waals surface area contributed by atoms with Crippen molar-refractivity contribution in [1.82, 2.24) is 10.2 Å². The zero-order valence-corrected chi connectivity index (χ0v) is 24.4. The molecule has 1 N–H and O–H groups in total. The van der Waals surface area contributed by atoms with Crippen LogP contribution in [0.3, 0.4) is 0 Å². The minimum absolute atomic E-state index is 0.0515. The van der Waals surface area contributed by atoms with Gasteiger partial charge in [0.15, 0.2) is 0 Å². The van der Waals surface area contributed by atoms with Crippen LogP contribution in [0.25, 0.3) is 0 Å². The molecule has 0 aliphatic heterocycles. The molecule has 7 nitrogen and oxygen atoms in total. The minimum atomic E-state index is -4.13. The lowest BCUT2D eigenvalue weighted by Gasteiger charge is -2.33. The molecule has 0 fully saturated rings. The predicted molar refractivity (Wildman–Crippen MR) is 156 cm³/mol. The van der Waals surface area contributed by atoms with Crippen molar-refractivity contribution >= 4 is 39.1 Å². The molecule has 0 saturated carbocycles. The summed E-state index contributed by atoms with van der Waals surface area (Å²) in [6, 6.07) is 21.7. The van der Waals surface area contributed by atoms with Crippen LogP contribution >= 0.6 is 11.6 Å². The fraction of sp³-hybridized carbons (Fsp3) is 0.333. The van der Waals surface area contributed by atoms with E-state index in [-0.39, 0.29) is 23.4 Å². The van der Waals surface area contributed by atoms with E-state index in [0.717, 1.165) is 16.3 Å². The van der Waals surface area contributed by atoms with Crippen LogP contribution in [0.1, 0.15) is 38.3 Å². The standard InChI is InChI=1S/C30H36ClN3O4S/c1-5-22(2)32-30(36)24(4)33(20-19-25-13-8-6-9-14-25)29(35)21-34(28-18-12-17-27(31)23(28)3)39(37,38)26-15-10-7-11-16-26/h6-18,22,24H,5,19-21H2,1-4H3,(H,32,36)/t22-,24+/m0/s1. The molecule has 208 valence electrons. The summed E-state index contributed by atoms with van der Waals surface area (Å²) in [4.78, 5) is 28.5. The molecule has 0 saturated heterocycles. The van der Waals surface area contributed by atoms with Crippen molar-refractivity contribution in [3.05, 3.63) is 95.0 Å². The van der Waals surface area contributed by atoms with E-state index >= 15 is 0 Å². The fourth-order valence-corrected chi connectivity index (χ4v) is 5.80. The number of nitrogens with one attached hydrogen (secondary N) is 1. The number of nitrogens with zero attached hydrogens (tertiary/aromatic N) is 2. The van der Waals surface area contributed by atoms with E-state index in [1.54, 1.807) is 50.2 Å². The molecule has 2 amide bonds. The largest absolute Gasteiger partial charge is 0.352 e. The average Bonchev–Trinajstić information content (AvgIpc) is 2.94. The quantitative estimate of drug-likeness (QED) is 0.324. The van der Waals surface area contributed by atoms with Crippen LogP contribution in [-0.2, 0) is 26.0 Å². The summed E-state index contributed by atoms with van der Waals surface area (Å²) >= 11 is 6.36. The van der Waals surface area contributed by atoms with Crippen molar-refractivity contribution in [1.29, 1.82) is 0 Å². The lowest BCUT2D eigenvalue weighted by molar-refractivity contribution is -0.139. The van der Waals surface area contributed by atoms with Crippen molar-refractivity contribution in [3.63, 3.8) is 0 Å². The maximum absolute atomic E-state index is 13.9. The Hall–Kier alpha value is -3.36. The number of hydrogen-bond acceptors (Lipinski definition) is 4. The highest BCUT2D eigenvalue weighted by Gasteiger charge is 2.33. The van der Waals surface area contributed by atoms with E-state index in [4.69, 9.17) is 11.6 Å². The Bertz CT molecular complexity index is 1370. The molecule has 0 bridgehead atoms. The van der Waals surface area contributed by atoms with Gasteiger partial charge in [0.25, 0.3) is 10.0 Å². The highest BCUT2D eigenvalue weighted by atomic mass is 35.5. The highest BCUT2D eigenvalue weighted by molar-refractivity contribution is 7.92. The van der Waals surface area contributed by atoms with Gasteiger partial charge in [0.2, 0.25) is 11.8 Å². The maximum atomic E-state index is 13.9. The molecule has 0 unspecified atom stereocenters. The lowest BCUT2D eigenvalue weighted by atomic mass is 10.1. The first-order valence-electron chi connectivity index (χ1n) is 13.0. The summed E-state index contributed by atoms with van der Waals surface area (Å²) in [6.07, 6.45) is 1.25. The van der Waals surface area contributed by atoms with Crippen molar-refractivity contribution < 1.29 is 18.0 Å². The van der Waals surface area contributed by atoms with Gasteiger partial charge >= 0.3 is 0 Å². The van der Waals surface area contributed by atoms with E-state index in [1.165, 1.54) is 17.0 Å². The molecule has 3 rings (SSSR count). The van der Waals surface area contributed by atoms with Crippen LogP contribution < -0.4 is 9.62 Å². The number of rotatable bonds is 12. The molecule has 39 heavy (non-hydrogen) atoms. The zero-order chi connectivity index (χ0) is 28.6. The van der Waals surface area contributed by atoms with Gasteiger partial charge < -0.3 is 10.2 Å². The number of hydrogen-bond donors (Lipinski definition) is 1. The van der Waals surface area contributed by atoms with Crippen LogP contribution in [0.15, 0.2) is 83.8 Å². The minimum Gasteiger partial charge on any atom is -0.352 e. The highest BCUT2D eigenvalue weighted by Crippen LogP contribution is 2.31. The van der Waals surface area contributed by atoms with Crippen molar-refractivity contribution in [2.45, 2.75) is 57.5 Å². The monoisotopic (exact) mass is 569 g/mol. The first-order valence-corrected chi connectivity index (χ1v) is 14.8. The van der Waals surface area contributed by atoms with E-state index in [2.05, 4.69) is 5.32 Å². The second-order valence-electron chi connectivity index (χ2n) is 9.53. The number of sulfonamides is 1. The number of halogens is 1. The van der Waals surface area contributed by atoms with Gasteiger partial charge in [0, 0.05) is 17.6 Å². The van der Waals surface area contributed by atoms with Gasteiger partial charge in [-0.25, -0.2) is 8.42 Å². The Morgan fingerprint density at radius 3 is 2.15 bits per heavy atom. The normalized spacial score (nSPS) is 12.8. The molecule has 3 aromatic carbocycles. The summed E-state index contributed by atoms with van der Waals surface area (Å²) in [5.41, 5.74) is 1.84. The van der Waals surface area contributed by atoms with Crippen LogP contribution in [0, 0.1) is 6.92 Å². The van der Waals surface area contributed by atoms with Crippen LogP contribution in [0.2, 0.25) is 5.02 Å². The third kappa shape index (κ3) is 7.61. The van der Waals surface area contributed by atoms with Crippen molar-refractivity contribution in [3.8, 4) is 0 Å². The molecule has 2 atom stereocenters. The van der Waals surface area contributed by atoms with Crippen LogP contribution in [0.4, 0.5) is 5.69 Å². The molecule has 0 heterocycles. The van der Waals surface area contributed by atoms with Gasteiger partial charge in [-0.05, 0) is 69.0 Å². The lowest BCUT2D eigenvalue weighted by Crippen LogP contribution is -2.53. The summed E-state index contributed by atoms with van der Waals surface area (Å²) < 4.78 is 28.8. The van der Waals surface area contributed by atoms with E-state index in [0.29, 0.717) is 22.7 Å². The Kier molecular flexibility index (Phi) is 10.5. The second kappa shape index (κ2) is 13.6. The van der Waals surface area contributed by atoms with Crippen LogP contribution in [-0.4, -0.2) is 50.3 Å². The van der Waals surface area contributed by atoms with Gasteiger partial charge in [0.1, 0.15) is 12.6 Å². The number of amides is 2. The van der Waals surface area contributed by atoms with Gasteiger partial charge in [-0.15, -0.1) is 0 Å². The Balaban J connectivity index is 2.00. The topological polar surface area (TPSA) is 86.8 Å². The first-order chi connectivity index (χ1) is 18.6. The summed E-state index contributed by atoms with van der Waals surface area (Å²) in [5, 5.41) is 3.32. The third-order valence-corrected chi connectivity index (χ3v) is 8.95. The maximum Gasteiger partial charge on any atom is 0.264 e. The molecule has 0 aliphatic carbocycles. The first kappa shape index (κ1) is 30.2. The summed E-state index contributed by atoms with van der Waals surface area (Å²) in [6.45, 7) is 7.00. The van der Waals surface area contributed by atoms with Crippen molar-refractivity contribution in [2.24, 2.45) is 0 Å². The van der Waals surface area contributed by atoms with Crippen molar-refractivity contribution in [2.75, 3.05) is 17.4 Å². The summed E-state index contributed by atoms with van der Waals surface area (Å²) in [7, 11) is -4.13. The number of carbonyl (C=O) groups excluding carboxylic acids is 2. The molecular formula is C30H36ClN3O4S. The smallest absolute Gasteiger partial charge is 0.264 e. The molecule has 9 heteroatoms. The molecule has 0 spiro atoms. The van der Waals surface area contributed by atoms with Gasteiger partial charge in [-0.1, -0.05) is 73.1 Å². The van der Waals surface area contributed by atoms with Gasteiger partial charge in [-0.2, -0.15) is 0 Å². The van der Waals surface area contributed by atoms with E-state index in [1.807, 2.05) is 44.2 Å². The summed E-state index contributed by atoms with van der Waals surface area (Å²) in [5.74, 6) is -0.779. The molecule has 0 aromatic heterocycles. The fourth-order valence-electron chi connectivity index (χ4n) is 4.13. The average molecular weight is 570 g/mol. The van der Waals surface area contributed by atoms with E-state index in [9.17, 15) is 18.0 Å². The third-order valence-electron chi connectivity index (χ3n) is 6.77. The molecular weight excluding hydrogens is 534 g/mol. The molecule has 0 radical (unpaired) electrons. The Labute approximate surface area is 236 Å². The van der Waals surface area contributed by atoms with Crippen LogP contribution in [0.5, 0.6) is 0 Å². The number of carbonyl (C=O) groups is 2. The number of anilines is 1. The molecule has 3 aromatic rings. The second-order valence-corrected chi connectivity index (χ2v) is 11.8. The predicted octanol–water partition coefficient (Wildman–Crippen LogP) is 5.22. The van der Waals surface area contributed by atoms with E-state index < -0.39 is 28.5 Å². The zero-order valence-electron chi connectivity index (χ0n) is 22.8. The number of benzene rings is 3. The SMILES string of the molecule is CC[C@H](C)NC(=O)[C@@H](C)N(CCc1ccccc1)C(=O)CN(c1cccc(Cl)c1C)S(=O)(=O)c1ccccc1. The van der Waals surface area contributed by atoms with Gasteiger partial charge in [-0.3, -0.25) is 13.9 Å². The molecule has 0 aliphatic rings. The van der Waals surface area contributed by atoms with Gasteiger partial charge in [0.05, 0.1) is 10.6 Å². The Morgan fingerprint density at radius 2 is 1.54 bits per heavy atom.